The molecule has 0 bridgehead atoms. The van der Waals surface area contributed by atoms with E-state index in [4.69, 9.17) is 4.74 Å². The number of fused-ring (bicyclic) bond motifs is 3. The Hall–Kier alpha value is -3.01. The molecule has 120 valence electrons. The zero-order valence-corrected chi connectivity index (χ0v) is 13.4. The molecule has 4 heteroatoms. The number of rotatable bonds is 3. The first-order valence-electron chi connectivity index (χ1n) is 7.99. The third kappa shape index (κ3) is 2.56. The number of nitrogens with zero attached hydrogens (tertiary/aromatic N) is 2. The number of allylic oxidation sites excluding steroid dienone is 2. The van der Waals surface area contributed by atoms with Crippen LogP contribution < -0.4 is 10.7 Å². The standard InChI is InChI=1S/C20H18N2O2/c1-15(23)24-20(16-7-3-2-4-8-16)21-11-12-22-18(14-21)13-17-9-5-6-10-19(17)22/h2-8,10-14,20H,9H2,1H3. The maximum absolute atomic E-state index is 11.6. The van der Waals surface area contributed by atoms with E-state index in [0.29, 0.717) is 0 Å². The van der Waals surface area contributed by atoms with Crippen LogP contribution in [0.25, 0.3) is 18.5 Å². The molecule has 1 unspecified atom stereocenters. The molecule has 0 N–H and O–H groups in total. The molecule has 0 saturated heterocycles. The Morgan fingerprint density at radius 1 is 1.21 bits per heavy atom. The summed E-state index contributed by atoms with van der Waals surface area (Å²) in [6, 6.07) is 12.0. The van der Waals surface area contributed by atoms with Gasteiger partial charge in [-0.15, -0.1) is 0 Å². The van der Waals surface area contributed by atoms with Gasteiger partial charge in [0.15, 0.2) is 0 Å². The first kappa shape index (κ1) is 14.6. The van der Waals surface area contributed by atoms with Crippen molar-refractivity contribution >= 4 is 24.4 Å². The van der Waals surface area contributed by atoms with E-state index >= 15 is 0 Å². The van der Waals surface area contributed by atoms with Gasteiger partial charge in [-0.05, 0) is 24.1 Å². The van der Waals surface area contributed by atoms with Crippen LogP contribution in [0.2, 0.25) is 0 Å². The second-order valence-electron chi connectivity index (χ2n) is 5.90. The molecule has 1 aliphatic carbocycles. The summed E-state index contributed by atoms with van der Waals surface area (Å²) in [4.78, 5) is 13.5. The van der Waals surface area contributed by atoms with Gasteiger partial charge in [0.25, 0.3) is 0 Å². The summed E-state index contributed by atoms with van der Waals surface area (Å²) in [5.41, 5.74) is 2.24. The molecule has 24 heavy (non-hydrogen) atoms. The Kier molecular flexibility index (Phi) is 3.58. The molecule has 2 heterocycles. The third-order valence-corrected chi connectivity index (χ3v) is 4.22. The fraction of sp³-hybridized carbons (Fsp3) is 0.150. The van der Waals surface area contributed by atoms with Crippen LogP contribution in [-0.2, 0) is 16.0 Å². The summed E-state index contributed by atoms with van der Waals surface area (Å²) in [6.45, 7) is 1.44. The summed E-state index contributed by atoms with van der Waals surface area (Å²) in [5.74, 6) is -0.302. The fourth-order valence-corrected chi connectivity index (χ4v) is 3.15. The summed E-state index contributed by atoms with van der Waals surface area (Å²) in [7, 11) is 0. The average molecular weight is 318 g/mol. The van der Waals surface area contributed by atoms with Crippen LogP contribution in [0.1, 0.15) is 24.3 Å². The Morgan fingerprint density at radius 2 is 2.04 bits per heavy atom. The van der Waals surface area contributed by atoms with Gasteiger partial charge < -0.3 is 14.2 Å². The second kappa shape index (κ2) is 5.89. The largest absolute Gasteiger partial charge is 0.437 e. The summed E-state index contributed by atoms with van der Waals surface area (Å²) in [5, 5.41) is 2.29. The van der Waals surface area contributed by atoms with Crippen molar-refractivity contribution in [3.8, 4) is 0 Å². The summed E-state index contributed by atoms with van der Waals surface area (Å²) >= 11 is 0. The molecule has 0 spiro atoms. The Bertz CT molecular complexity index is 952. The Labute approximate surface area is 140 Å². The maximum atomic E-state index is 11.6. The van der Waals surface area contributed by atoms with Gasteiger partial charge in [0.1, 0.15) is 0 Å². The van der Waals surface area contributed by atoms with Crippen LogP contribution >= 0.6 is 0 Å². The van der Waals surface area contributed by atoms with E-state index < -0.39 is 6.23 Å². The van der Waals surface area contributed by atoms with Crippen molar-refractivity contribution in [2.75, 3.05) is 0 Å². The lowest BCUT2D eigenvalue weighted by molar-refractivity contribution is -0.152. The molecule has 0 fully saturated rings. The molecule has 4 nitrogen and oxygen atoms in total. The summed E-state index contributed by atoms with van der Waals surface area (Å²) < 4.78 is 7.73. The lowest BCUT2D eigenvalue weighted by Crippen LogP contribution is -2.32. The molecule has 1 atom stereocenters. The van der Waals surface area contributed by atoms with Crippen molar-refractivity contribution in [2.24, 2.45) is 0 Å². The fourth-order valence-electron chi connectivity index (χ4n) is 3.15. The number of hydrogen-bond donors (Lipinski definition) is 0. The first-order chi connectivity index (χ1) is 11.7. The van der Waals surface area contributed by atoms with Gasteiger partial charge in [-0.1, -0.05) is 42.5 Å². The van der Waals surface area contributed by atoms with E-state index in [2.05, 4.69) is 28.9 Å². The van der Waals surface area contributed by atoms with Crippen molar-refractivity contribution in [2.45, 2.75) is 19.6 Å². The van der Waals surface area contributed by atoms with Gasteiger partial charge in [-0.25, -0.2) is 0 Å². The lowest BCUT2D eigenvalue weighted by Gasteiger charge is -2.28. The normalized spacial score (nSPS) is 15.8. The lowest BCUT2D eigenvalue weighted by atomic mass is 10.1. The van der Waals surface area contributed by atoms with E-state index in [-0.39, 0.29) is 5.97 Å². The average Bonchev–Trinajstić information content (AvgIpc) is 2.98. The maximum Gasteiger partial charge on any atom is 0.304 e. The van der Waals surface area contributed by atoms with E-state index in [1.54, 1.807) is 0 Å². The molecule has 2 aromatic rings. The van der Waals surface area contributed by atoms with Crippen molar-refractivity contribution in [1.82, 2.24) is 9.47 Å². The van der Waals surface area contributed by atoms with Gasteiger partial charge in [-0.3, -0.25) is 4.79 Å². The van der Waals surface area contributed by atoms with Gasteiger partial charge in [-0.2, -0.15) is 0 Å². The number of aromatic nitrogens is 1. The number of carbonyl (C=O) groups is 1. The molecule has 0 amide bonds. The molecule has 1 aliphatic heterocycles. The van der Waals surface area contributed by atoms with Crippen LogP contribution in [0.4, 0.5) is 0 Å². The molecule has 0 radical (unpaired) electrons. The molecule has 1 aromatic carbocycles. The van der Waals surface area contributed by atoms with E-state index in [1.807, 2.05) is 53.8 Å². The summed E-state index contributed by atoms with van der Waals surface area (Å²) in [6.07, 6.45) is 12.8. The van der Waals surface area contributed by atoms with Crippen molar-refractivity contribution < 1.29 is 9.53 Å². The zero-order valence-electron chi connectivity index (χ0n) is 13.4. The third-order valence-electron chi connectivity index (χ3n) is 4.22. The first-order valence-corrected chi connectivity index (χ1v) is 7.99. The minimum atomic E-state index is -0.470. The highest BCUT2D eigenvalue weighted by molar-refractivity contribution is 5.66. The molecular formula is C20H18N2O2. The highest BCUT2D eigenvalue weighted by Gasteiger charge is 2.21. The number of esters is 1. The number of benzene rings is 1. The number of hydrogen-bond acceptors (Lipinski definition) is 3. The second-order valence-corrected chi connectivity index (χ2v) is 5.90. The zero-order chi connectivity index (χ0) is 16.5. The van der Waals surface area contributed by atoms with Crippen LogP contribution in [-0.4, -0.2) is 15.4 Å². The van der Waals surface area contributed by atoms with E-state index in [9.17, 15) is 4.79 Å². The van der Waals surface area contributed by atoms with Gasteiger partial charge in [0.05, 0.1) is 5.35 Å². The number of carbonyl (C=O) groups excluding carboxylic acids is 1. The minimum Gasteiger partial charge on any atom is -0.437 e. The Balaban J connectivity index is 1.76. The van der Waals surface area contributed by atoms with Crippen LogP contribution in [0, 0.1) is 0 Å². The minimum absolute atomic E-state index is 0.302. The predicted molar refractivity (Wildman–Crippen MR) is 93.6 cm³/mol. The molecule has 0 saturated carbocycles. The van der Waals surface area contributed by atoms with Crippen LogP contribution in [0.15, 0.2) is 54.8 Å². The van der Waals surface area contributed by atoms with Gasteiger partial charge in [0, 0.05) is 36.4 Å². The van der Waals surface area contributed by atoms with Crippen molar-refractivity contribution in [3.05, 3.63) is 76.6 Å². The quantitative estimate of drug-likeness (QED) is 0.813. The van der Waals surface area contributed by atoms with Crippen molar-refractivity contribution in [3.63, 3.8) is 0 Å². The highest BCUT2D eigenvalue weighted by atomic mass is 16.6. The highest BCUT2D eigenvalue weighted by Crippen LogP contribution is 2.24. The Morgan fingerprint density at radius 3 is 2.83 bits per heavy atom. The predicted octanol–water partition coefficient (Wildman–Crippen LogP) is 2.12. The van der Waals surface area contributed by atoms with Crippen molar-refractivity contribution in [1.29, 1.82) is 0 Å². The van der Waals surface area contributed by atoms with E-state index in [1.165, 1.54) is 17.8 Å². The van der Waals surface area contributed by atoms with Gasteiger partial charge >= 0.3 is 5.97 Å². The molecule has 4 rings (SSSR count). The smallest absolute Gasteiger partial charge is 0.304 e. The van der Waals surface area contributed by atoms with Crippen LogP contribution in [0.5, 0.6) is 0 Å². The number of ether oxygens (including phenoxy) is 1. The molecule has 1 aromatic heterocycles. The topological polar surface area (TPSA) is 34.5 Å². The van der Waals surface area contributed by atoms with Gasteiger partial charge in [0.2, 0.25) is 6.23 Å². The monoisotopic (exact) mass is 318 g/mol. The van der Waals surface area contributed by atoms with Crippen LogP contribution in [0.3, 0.4) is 0 Å². The molecular weight excluding hydrogens is 300 g/mol. The van der Waals surface area contributed by atoms with E-state index in [0.717, 1.165) is 17.3 Å². The SMILES string of the molecule is CC(=O)OC(c1ccccc1)N1C=Cn2c(cc3c2=CC=CC3)=C1. The molecule has 2 aliphatic rings.